The Balaban J connectivity index is 1.68. The Morgan fingerprint density at radius 1 is 1.30 bits per heavy atom. The van der Waals surface area contributed by atoms with E-state index in [1.54, 1.807) is 19.4 Å². The van der Waals surface area contributed by atoms with Gasteiger partial charge in [0.1, 0.15) is 11.5 Å². The number of hydrogen-bond acceptors (Lipinski definition) is 5. The van der Waals surface area contributed by atoms with E-state index in [2.05, 4.69) is 10.3 Å². The van der Waals surface area contributed by atoms with Gasteiger partial charge in [-0.05, 0) is 38.0 Å². The summed E-state index contributed by atoms with van der Waals surface area (Å²) < 4.78 is 11.1. The first-order valence-corrected chi connectivity index (χ1v) is 9.32. The molecule has 3 rings (SSSR count). The highest BCUT2D eigenvalue weighted by molar-refractivity contribution is 5.80. The van der Waals surface area contributed by atoms with Gasteiger partial charge < -0.3 is 20.5 Å². The lowest BCUT2D eigenvalue weighted by Gasteiger charge is -2.37. The fraction of sp³-hybridized carbons (Fsp3) is 0.429. The molecule has 0 aliphatic heterocycles. The molecule has 6 heteroatoms. The maximum Gasteiger partial charge on any atom is 0.225 e. The number of carbonyl (C=O) groups excluding carboxylic acids is 1. The van der Waals surface area contributed by atoms with Crippen molar-refractivity contribution in [2.45, 2.75) is 44.7 Å². The molecule has 1 saturated carbocycles. The summed E-state index contributed by atoms with van der Waals surface area (Å²) in [6, 6.07) is 11.0. The van der Waals surface area contributed by atoms with E-state index in [0.29, 0.717) is 23.9 Å². The average molecular weight is 369 g/mol. The van der Waals surface area contributed by atoms with E-state index in [1.807, 2.05) is 37.3 Å². The molecule has 1 aliphatic carbocycles. The molecule has 1 heterocycles. The van der Waals surface area contributed by atoms with Crippen molar-refractivity contribution in [1.82, 2.24) is 10.3 Å². The number of rotatable bonds is 6. The SMILES string of the molecule is COc1cccc(Oc2ncccc2CNC(=O)C2CCCCC2(C)N)c1. The molecule has 3 N–H and O–H groups in total. The van der Waals surface area contributed by atoms with Crippen LogP contribution in [-0.2, 0) is 11.3 Å². The number of pyridine rings is 1. The Bertz CT molecular complexity index is 792. The molecule has 1 aromatic carbocycles. The van der Waals surface area contributed by atoms with Gasteiger partial charge in [0.25, 0.3) is 0 Å². The zero-order valence-corrected chi connectivity index (χ0v) is 15.9. The highest BCUT2D eigenvalue weighted by Gasteiger charge is 2.37. The van der Waals surface area contributed by atoms with E-state index in [4.69, 9.17) is 15.2 Å². The van der Waals surface area contributed by atoms with E-state index in [0.717, 1.165) is 31.2 Å². The molecule has 0 bridgehead atoms. The van der Waals surface area contributed by atoms with Crippen molar-refractivity contribution >= 4 is 5.91 Å². The molecule has 1 fully saturated rings. The molecule has 0 spiro atoms. The number of hydrogen-bond donors (Lipinski definition) is 2. The molecular formula is C21H27N3O3. The third-order valence-corrected chi connectivity index (χ3v) is 5.13. The van der Waals surface area contributed by atoms with Crippen LogP contribution in [-0.4, -0.2) is 23.5 Å². The molecule has 27 heavy (non-hydrogen) atoms. The quantitative estimate of drug-likeness (QED) is 0.815. The van der Waals surface area contributed by atoms with Crippen molar-refractivity contribution in [1.29, 1.82) is 0 Å². The minimum atomic E-state index is -0.447. The van der Waals surface area contributed by atoms with Crippen molar-refractivity contribution in [2.75, 3.05) is 7.11 Å². The molecule has 1 amide bonds. The lowest BCUT2D eigenvalue weighted by atomic mass is 9.74. The van der Waals surface area contributed by atoms with Gasteiger partial charge in [-0.2, -0.15) is 0 Å². The van der Waals surface area contributed by atoms with Gasteiger partial charge in [0.2, 0.25) is 11.8 Å². The third-order valence-electron chi connectivity index (χ3n) is 5.13. The Hall–Kier alpha value is -2.60. The van der Waals surface area contributed by atoms with Crippen molar-refractivity contribution in [3.8, 4) is 17.4 Å². The van der Waals surface area contributed by atoms with E-state index < -0.39 is 5.54 Å². The van der Waals surface area contributed by atoms with E-state index in [1.165, 1.54) is 0 Å². The molecule has 2 atom stereocenters. The van der Waals surface area contributed by atoms with Gasteiger partial charge in [-0.1, -0.05) is 25.0 Å². The standard InChI is InChI=1S/C21H27N3O3/c1-21(22)11-4-3-10-18(21)19(25)24-14-15-7-6-12-23-20(15)27-17-9-5-8-16(13-17)26-2/h5-9,12-13,18H,3-4,10-11,14,22H2,1-2H3,(H,24,25). The van der Waals surface area contributed by atoms with Crippen molar-refractivity contribution in [3.63, 3.8) is 0 Å². The number of ether oxygens (including phenoxy) is 2. The van der Waals surface area contributed by atoms with Crippen molar-refractivity contribution in [2.24, 2.45) is 11.7 Å². The van der Waals surface area contributed by atoms with E-state index >= 15 is 0 Å². The zero-order chi connectivity index (χ0) is 19.3. The number of benzene rings is 1. The third kappa shape index (κ3) is 4.77. The Labute approximate surface area is 160 Å². The molecule has 2 unspecified atom stereocenters. The first-order chi connectivity index (χ1) is 13.0. The summed E-state index contributed by atoms with van der Waals surface area (Å²) in [6.45, 7) is 2.32. The summed E-state index contributed by atoms with van der Waals surface area (Å²) in [4.78, 5) is 17.0. The fourth-order valence-electron chi connectivity index (χ4n) is 3.52. The summed E-state index contributed by atoms with van der Waals surface area (Å²) in [6.07, 6.45) is 5.50. The number of nitrogens with one attached hydrogen (secondary N) is 1. The minimum absolute atomic E-state index is 0.00381. The monoisotopic (exact) mass is 369 g/mol. The zero-order valence-electron chi connectivity index (χ0n) is 15.9. The maximum absolute atomic E-state index is 12.7. The minimum Gasteiger partial charge on any atom is -0.497 e. The number of nitrogens with two attached hydrogens (primary N) is 1. The lowest BCUT2D eigenvalue weighted by molar-refractivity contribution is -0.128. The smallest absolute Gasteiger partial charge is 0.225 e. The Morgan fingerprint density at radius 2 is 2.11 bits per heavy atom. The van der Waals surface area contributed by atoms with Crippen LogP contribution in [0.4, 0.5) is 0 Å². The van der Waals surface area contributed by atoms with Crippen LogP contribution in [0, 0.1) is 5.92 Å². The highest BCUT2D eigenvalue weighted by Crippen LogP contribution is 2.32. The predicted molar refractivity (Wildman–Crippen MR) is 104 cm³/mol. The molecule has 1 aliphatic rings. The van der Waals surface area contributed by atoms with Gasteiger partial charge in [0, 0.05) is 29.9 Å². The molecule has 0 saturated heterocycles. The topological polar surface area (TPSA) is 86.5 Å². The van der Waals surface area contributed by atoms with Crippen molar-refractivity contribution in [3.05, 3.63) is 48.2 Å². The Morgan fingerprint density at radius 3 is 2.89 bits per heavy atom. The molecule has 2 aromatic rings. The first-order valence-electron chi connectivity index (χ1n) is 9.32. The normalized spacial score (nSPS) is 22.1. The number of methoxy groups -OCH3 is 1. The van der Waals surface area contributed by atoms with Gasteiger partial charge in [-0.15, -0.1) is 0 Å². The van der Waals surface area contributed by atoms with Crippen LogP contribution in [0.3, 0.4) is 0 Å². The van der Waals surface area contributed by atoms with Gasteiger partial charge in [-0.25, -0.2) is 4.98 Å². The van der Waals surface area contributed by atoms with Gasteiger partial charge in [0.05, 0.1) is 13.0 Å². The second-order valence-electron chi connectivity index (χ2n) is 7.27. The summed E-state index contributed by atoms with van der Waals surface area (Å²) >= 11 is 0. The van der Waals surface area contributed by atoms with Crippen LogP contribution in [0.15, 0.2) is 42.6 Å². The maximum atomic E-state index is 12.7. The van der Waals surface area contributed by atoms with Crippen LogP contribution >= 0.6 is 0 Å². The summed E-state index contributed by atoms with van der Waals surface area (Å²) in [5.41, 5.74) is 6.70. The van der Waals surface area contributed by atoms with Crippen LogP contribution in [0.1, 0.15) is 38.2 Å². The van der Waals surface area contributed by atoms with E-state index in [9.17, 15) is 4.79 Å². The number of carbonyl (C=O) groups is 1. The second kappa shape index (κ2) is 8.39. The lowest BCUT2D eigenvalue weighted by Crippen LogP contribution is -2.52. The van der Waals surface area contributed by atoms with Crippen LogP contribution in [0.2, 0.25) is 0 Å². The predicted octanol–water partition coefficient (Wildman–Crippen LogP) is 3.41. The first kappa shape index (κ1) is 19.2. The molecular weight excluding hydrogens is 342 g/mol. The van der Waals surface area contributed by atoms with Crippen LogP contribution in [0.5, 0.6) is 17.4 Å². The van der Waals surface area contributed by atoms with Gasteiger partial charge >= 0.3 is 0 Å². The Kier molecular flexibility index (Phi) is 5.96. The number of nitrogens with zero attached hydrogens (tertiary/aromatic N) is 1. The summed E-state index contributed by atoms with van der Waals surface area (Å²) in [5.74, 6) is 1.63. The summed E-state index contributed by atoms with van der Waals surface area (Å²) in [7, 11) is 1.61. The number of aromatic nitrogens is 1. The van der Waals surface area contributed by atoms with Crippen LogP contribution < -0.4 is 20.5 Å². The molecule has 0 radical (unpaired) electrons. The average Bonchev–Trinajstić information content (AvgIpc) is 2.67. The number of amides is 1. The van der Waals surface area contributed by atoms with Gasteiger partial charge in [0.15, 0.2) is 0 Å². The molecule has 1 aromatic heterocycles. The van der Waals surface area contributed by atoms with Gasteiger partial charge in [-0.3, -0.25) is 4.79 Å². The fourth-order valence-corrected chi connectivity index (χ4v) is 3.52. The van der Waals surface area contributed by atoms with E-state index in [-0.39, 0.29) is 11.8 Å². The van der Waals surface area contributed by atoms with Crippen molar-refractivity contribution < 1.29 is 14.3 Å². The largest absolute Gasteiger partial charge is 0.497 e. The molecule has 6 nitrogen and oxygen atoms in total. The second-order valence-corrected chi connectivity index (χ2v) is 7.27. The van der Waals surface area contributed by atoms with Crippen LogP contribution in [0.25, 0.3) is 0 Å². The highest BCUT2D eigenvalue weighted by atomic mass is 16.5. The molecule has 144 valence electrons. The summed E-state index contributed by atoms with van der Waals surface area (Å²) in [5, 5.41) is 3.01.